The normalized spacial score (nSPS) is 16.0. The minimum atomic E-state index is -0.422. The molecular weight excluding hydrogens is 274 g/mol. The molecule has 1 N–H and O–H groups in total. The molecule has 1 aliphatic heterocycles. The van der Waals surface area contributed by atoms with E-state index in [0.717, 1.165) is 29.8 Å². The SMILES string of the molecule is Cl.O=[N+]([O-])c1ccc(SCC2CCNCC2)nc1. The Bertz CT molecular complexity index is 382. The van der Waals surface area contributed by atoms with Crippen LogP contribution >= 0.6 is 24.2 Å². The number of halogens is 1. The average molecular weight is 290 g/mol. The van der Waals surface area contributed by atoms with Crippen LogP contribution in [0, 0.1) is 16.0 Å². The summed E-state index contributed by atoms with van der Waals surface area (Å²) in [6, 6.07) is 3.24. The van der Waals surface area contributed by atoms with Gasteiger partial charge in [0.25, 0.3) is 5.69 Å². The van der Waals surface area contributed by atoms with Crippen LogP contribution < -0.4 is 5.32 Å². The molecule has 2 heterocycles. The van der Waals surface area contributed by atoms with E-state index in [1.54, 1.807) is 17.8 Å². The fourth-order valence-electron chi connectivity index (χ4n) is 1.82. The number of rotatable bonds is 4. The molecule has 18 heavy (non-hydrogen) atoms. The van der Waals surface area contributed by atoms with E-state index in [1.165, 1.54) is 25.1 Å². The monoisotopic (exact) mass is 289 g/mol. The second kappa shape index (κ2) is 7.56. The lowest BCUT2D eigenvalue weighted by atomic mass is 10.0. The number of aromatic nitrogens is 1. The third kappa shape index (κ3) is 4.44. The maximum absolute atomic E-state index is 10.5. The third-order valence-electron chi connectivity index (χ3n) is 2.86. The van der Waals surface area contributed by atoms with Gasteiger partial charge >= 0.3 is 0 Å². The van der Waals surface area contributed by atoms with Crippen molar-refractivity contribution in [3.8, 4) is 0 Å². The van der Waals surface area contributed by atoms with Crippen LogP contribution in [0.15, 0.2) is 23.4 Å². The van der Waals surface area contributed by atoms with Gasteiger partial charge in [-0.2, -0.15) is 0 Å². The lowest BCUT2D eigenvalue weighted by Crippen LogP contribution is -2.28. The van der Waals surface area contributed by atoms with Crippen molar-refractivity contribution < 1.29 is 4.92 Å². The lowest BCUT2D eigenvalue weighted by Gasteiger charge is -2.21. The van der Waals surface area contributed by atoms with Gasteiger partial charge < -0.3 is 5.32 Å². The highest BCUT2D eigenvalue weighted by Crippen LogP contribution is 2.24. The fraction of sp³-hybridized carbons (Fsp3) is 0.545. The molecule has 0 saturated carbocycles. The number of hydrogen-bond donors (Lipinski definition) is 1. The molecule has 7 heteroatoms. The Hall–Kier alpha value is -0.850. The summed E-state index contributed by atoms with van der Waals surface area (Å²) in [4.78, 5) is 14.1. The number of nitrogens with one attached hydrogen (secondary N) is 1. The zero-order chi connectivity index (χ0) is 12.1. The highest BCUT2D eigenvalue weighted by molar-refractivity contribution is 7.99. The third-order valence-corrected chi connectivity index (χ3v) is 4.03. The summed E-state index contributed by atoms with van der Waals surface area (Å²) in [5, 5.41) is 14.7. The largest absolute Gasteiger partial charge is 0.317 e. The summed E-state index contributed by atoms with van der Waals surface area (Å²) in [5.41, 5.74) is 0.0521. The summed E-state index contributed by atoms with van der Waals surface area (Å²) >= 11 is 1.69. The first kappa shape index (κ1) is 15.2. The molecule has 0 aliphatic carbocycles. The molecule has 0 aromatic carbocycles. The molecule has 0 unspecified atom stereocenters. The standard InChI is InChI=1S/C11H15N3O2S.ClH/c15-14(16)10-1-2-11(13-7-10)17-8-9-3-5-12-6-4-9;/h1-2,7,9,12H,3-6,8H2;1H. The van der Waals surface area contributed by atoms with Crippen molar-refractivity contribution in [3.05, 3.63) is 28.4 Å². The number of piperidine rings is 1. The van der Waals surface area contributed by atoms with Crippen LogP contribution in [-0.4, -0.2) is 28.7 Å². The number of nitrogens with zero attached hydrogens (tertiary/aromatic N) is 2. The zero-order valence-corrected chi connectivity index (χ0v) is 11.5. The topological polar surface area (TPSA) is 68.1 Å². The van der Waals surface area contributed by atoms with Gasteiger partial charge in [0, 0.05) is 11.8 Å². The van der Waals surface area contributed by atoms with Crippen molar-refractivity contribution in [2.45, 2.75) is 17.9 Å². The summed E-state index contributed by atoms with van der Waals surface area (Å²) < 4.78 is 0. The van der Waals surface area contributed by atoms with Gasteiger partial charge in [-0.05, 0) is 37.9 Å². The van der Waals surface area contributed by atoms with E-state index in [4.69, 9.17) is 0 Å². The molecule has 1 saturated heterocycles. The summed E-state index contributed by atoms with van der Waals surface area (Å²) in [6.45, 7) is 2.19. The Morgan fingerprint density at radius 2 is 2.17 bits per heavy atom. The van der Waals surface area contributed by atoms with Gasteiger partial charge in [0.05, 0.1) is 9.95 Å². The lowest BCUT2D eigenvalue weighted by molar-refractivity contribution is -0.385. The van der Waals surface area contributed by atoms with Crippen LogP contribution in [-0.2, 0) is 0 Å². The van der Waals surface area contributed by atoms with Crippen LogP contribution in [0.2, 0.25) is 0 Å². The second-order valence-corrected chi connectivity index (χ2v) is 5.16. The highest BCUT2D eigenvalue weighted by Gasteiger charge is 2.13. The van der Waals surface area contributed by atoms with Crippen LogP contribution in [0.3, 0.4) is 0 Å². The van der Waals surface area contributed by atoms with Gasteiger partial charge in [-0.15, -0.1) is 24.2 Å². The summed E-state index contributed by atoms with van der Waals surface area (Å²) in [7, 11) is 0. The Morgan fingerprint density at radius 3 is 2.72 bits per heavy atom. The van der Waals surface area contributed by atoms with Gasteiger partial charge in [-0.25, -0.2) is 4.98 Å². The van der Waals surface area contributed by atoms with Crippen LogP contribution in [0.25, 0.3) is 0 Å². The maximum atomic E-state index is 10.5. The Morgan fingerprint density at radius 1 is 1.44 bits per heavy atom. The minimum Gasteiger partial charge on any atom is -0.317 e. The van der Waals surface area contributed by atoms with Crippen molar-refractivity contribution in [3.63, 3.8) is 0 Å². The van der Waals surface area contributed by atoms with E-state index in [-0.39, 0.29) is 18.1 Å². The molecule has 2 rings (SSSR count). The molecule has 5 nitrogen and oxygen atoms in total. The molecular formula is C11H16ClN3O2S. The first-order valence-corrected chi connectivity index (χ1v) is 6.68. The molecule has 1 aromatic heterocycles. The molecule has 0 radical (unpaired) electrons. The van der Waals surface area contributed by atoms with E-state index in [0.29, 0.717) is 0 Å². The molecule has 1 aliphatic rings. The molecule has 0 spiro atoms. The fourth-order valence-corrected chi connectivity index (χ4v) is 2.85. The predicted molar refractivity (Wildman–Crippen MR) is 74.5 cm³/mol. The minimum absolute atomic E-state index is 0. The van der Waals surface area contributed by atoms with Gasteiger partial charge in [-0.1, -0.05) is 0 Å². The predicted octanol–water partition coefficient (Wildman–Crippen LogP) is 2.50. The van der Waals surface area contributed by atoms with E-state index < -0.39 is 4.92 Å². The quantitative estimate of drug-likeness (QED) is 0.524. The van der Waals surface area contributed by atoms with Crippen molar-refractivity contribution in [2.75, 3.05) is 18.8 Å². The van der Waals surface area contributed by atoms with Gasteiger partial charge in [0.2, 0.25) is 0 Å². The van der Waals surface area contributed by atoms with E-state index in [1.807, 2.05) is 0 Å². The molecule has 100 valence electrons. The highest BCUT2D eigenvalue weighted by atomic mass is 35.5. The smallest absolute Gasteiger partial charge is 0.287 e. The maximum Gasteiger partial charge on any atom is 0.287 e. The Kier molecular flexibility index (Phi) is 6.38. The molecule has 0 amide bonds. The van der Waals surface area contributed by atoms with Crippen LogP contribution in [0.1, 0.15) is 12.8 Å². The Balaban J connectivity index is 0.00000162. The summed E-state index contributed by atoms with van der Waals surface area (Å²) in [6.07, 6.45) is 3.74. The van der Waals surface area contributed by atoms with E-state index in [9.17, 15) is 10.1 Å². The first-order chi connectivity index (χ1) is 8.25. The molecule has 0 atom stereocenters. The van der Waals surface area contributed by atoms with Crippen molar-refractivity contribution in [1.29, 1.82) is 0 Å². The van der Waals surface area contributed by atoms with Crippen molar-refractivity contribution in [1.82, 2.24) is 10.3 Å². The number of pyridine rings is 1. The number of nitro groups is 1. The van der Waals surface area contributed by atoms with Gasteiger partial charge in [-0.3, -0.25) is 10.1 Å². The van der Waals surface area contributed by atoms with Crippen LogP contribution in [0.4, 0.5) is 5.69 Å². The number of hydrogen-bond acceptors (Lipinski definition) is 5. The Labute approximate surface area is 116 Å². The first-order valence-electron chi connectivity index (χ1n) is 5.69. The second-order valence-electron chi connectivity index (χ2n) is 4.12. The van der Waals surface area contributed by atoms with E-state index in [2.05, 4.69) is 10.3 Å². The number of thioether (sulfide) groups is 1. The molecule has 0 bridgehead atoms. The van der Waals surface area contributed by atoms with Crippen molar-refractivity contribution >= 4 is 29.9 Å². The molecule has 1 fully saturated rings. The van der Waals surface area contributed by atoms with Crippen molar-refractivity contribution in [2.24, 2.45) is 5.92 Å². The zero-order valence-electron chi connectivity index (χ0n) is 9.87. The van der Waals surface area contributed by atoms with Gasteiger partial charge in [0.15, 0.2) is 0 Å². The summed E-state index contributed by atoms with van der Waals surface area (Å²) in [5.74, 6) is 1.78. The average Bonchev–Trinajstić information content (AvgIpc) is 2.38. The van der Waals surface area contributed by atoms with E-state index >= 15 is 0 Å². The molecule has 1 aromatic rings. The van der Waals surface area contributed by atoms with Gasteiger partial charge in [0.1, 0.15) is 6.20 Å². The van der Waals surface area contributed by atoms with Crippen LogP contribution in [0.5, 0.6) is 0 Å².